The molecule has 3 aromatic rings. The Morgan fingerprint density at radius 2 is 1.68 bits per heavy atom. The molecule has 10 heteroatoms. The van der Waals surface area contributed by atoms with Gasteiger partial charge in [-0.2, -0.15) is 0 Å². The van der Waals surface area contributed by atoms with Crippen LogP contribution in [0.3, 0.4) is 0 Å². The molecule has 0 bridgehead atoms. The number of hydrogen-bond acceptors (Lipinski definition) is 6. The average molecular weight is 483 g/mol. The van der Waals surface area contributed by atoms with Crippen LogP contribution < -0.4 is 25.4 Å². The van der Waals surface area contributed by atoms with Crippen LogP contribution in [0.25, 0.3) is 0 Å². The normalized spacial score (nSPS) is 11.0. The highest BCUT2D eigenvalue weighted by molar-refractivity contribution is 7.80. The van der Waals surface area contributed by atoms with E-state index in [2.05, 4.69) is 30.9 Å². The second-order valence-corrected chi connectivity index (χ2v) is 7.76. The lowest BCUT2D eigenvalue weighted by Gasteiger charge is -2.16. The van der Waals surface area contributed by atoms with Crippen molar-refractivity contribution in [1.29, 1.82) is 0 Å². The molecule has 0 aliphatic rings. The number of benzene rings is 2. The molecule has 3 rings (SSSR count). The van der Waals surface area contributed by atoms with Gasteiger partial charge in [-0.15, -0.1) is 0 Å². The minimum atomic E-state index is -0.270. The number of anilines is 2. The summed E-state index contributed by atoms with van der Waals surface area (Å²) in [5.74, 6) is 1.74. The molecule has 3 N–H and O–H groups in total. The summed E-state index contributed by atoms with van der Waals surface area (Å²) in [6.07, 6.45) is 0.618. The van der Waals surface area contributed by atoms with E-state index < -0.39 is 0 Å². The van der Waals surface area contributed by atoms with Crippen LogP contribution in [0.4, 0.5) is 16.0 Å². The van der Waals surface area contributed by atoms with Crippen molar-refractivity contribution >= 4 is 34.9 Å². The number of thiocarbonyl (C=S) groups is 1. The monoisotopic (exact) mass is 482 g/mol. The summed E-state index contributed by atoms with van der Waals surface area (Å²) in [6, 6.07) is 13.6. The van der Waals surface area contributed by atoms with Gasteiger partial charge in [0.25, 0.3) is 0 Å². The summed E-state index contributed by atoms with van der Waals surface area (Å²) >= 11 is 5.49. The quantitative estimate of drug-likeness (QED) is 0.262. The number of aromatic nitrogens is 2. The van der Waals surface area contributed by atoms with Gasteiger partial charge in [0.2, 0.25) is 11.9 Å². The highest BCUT2D eigenvalue weighted by atomic mass is 32.1. The second kappa shape index (κ2) is 11.9. The van der Waals surface area contributed by atoms with E-state index >= 15 is 0 Å². The number of nitrogens with one attached hydrogen (secondary N) is 3. The van der Waals surface area contributed by atoms with Crippen LogP contribution in [0.2, 0.25) is 0 Å². The van der Waals surface area contributed by atoms with Crippen LogP contribution in [0.15, 0.2) is 53.5 Å². The maximum absolute atomic E-state index is 13.2. The van der Waals surface area contributed by atoms with Gasteiger partial charge < -0.3 is 20.1 Å². The Bertz CT molecular complexity index is 1150. The van der Waals surface area contributed by atoms with Gasteiger partial charge in [0.1, 0.15) is 17.3 Å². The third kappa shape index (κ3) is 7.38. The van der Waals surface area contributed by atoms with Crippen molar-refractivity contribution in [1.82, 2.24) is 15.3 Å². The van der Waals surface area contributed by atoms with Gasteiger partial charge in [0.15, 0.2) is 5.11 Å². The number of guanidine groups is 1. The van der Waals surface area contributed by atoms with Crippen LogP contribution in [-0.4, -0.2) is 41.8 Å². The van der Waals surface area contributed by atoms with Crippen molar-refractivity contribution in [2.75, 3.05) is 31.4 Å². The van der Waals surface area contributed by atoms with Crippen LogP contribution >= 0.6 is 12.2 Å². The van der Waals surface area contributed by atoms with E-state index in [1.54, 1.807) is 44.6 Å². The lowest BCUT2D eigenvalue weighted by atomic mass is 10.1. The molecule has 0 aliphatic carbocycles. The van der Waals surface area contributed by atoms with Gasteiger partial charge in [-0.3, -0.25) is 10.3 Å². The number of aliphatic imine (C=N–C) groups is 1. The van der Waals surface area contributed by atoms with Crippen LogP contribution in [0.1, 0.15) is 17.0 Å². The largest absolute Gasteiger partial charge is 0.497 e. The summed E-state index contributed by atoms with van der Waals surface area (Å²) < 4.78 is 23.8. The smallest absolute Gasteiger partial charge is 0.229 e. The second-order valence-electron chi connectivity index (χ2n) is 7.35. The Hall–Kier alpha value is -3.79. The van der Waals surface area contributed by atoms with Gasteiger partial charge in [-0.25, -0.2) is 14.4 Å². The molecule has 1 heterocycles. The van der Waals surface area contributed by atoms with E-state index in [1.165, 1.54) is 12.1 Å². The molecule has 2 aromatic carbocycles. The Kier molecular flexibility index (Phi) is 8.69. The third-order valence-electron chi connectivity index (χ3n) is 4.68. The first kappa shape index (κ1) is 24.8. The van der Waals surface area contributed by atoms with Crippen LogP contribution in [0.5, 0.6) is 11.5 Å². The van der Waals surface area contributed by atoms with Gasteiger partial charge in [0, 0.05) is 24.0 Å². The lowest BCUT2D eigenvalue weighted by Crippen LogP contribution is -2.39. The topological polar surface area (TPSA) is 92.7 Å². The molecule has 0 saturated carbocycles. The standard InChI is InChI=1S/C24H27FN6O2S/c1-15-13-16(2)28-23(27-15)30-22(26-12-11-17-5-7-18(25)8-6-17)31-24(34)29-20-10-9-19(32-3)14-21(20)33-4/h5-10,13-14H,11-12H2,1-4H3,(H3,26,27,28,29,30,31,34). The number of methoxy groups -OCH3 is 2. The minimum absolute atomic E-state index is 0.270. The summed E-state index contributed by atoms with van der Waals surface area (Å²) in [7, 11) is 3.15. The molecule has 1 aromatic heterocycles. The molecule has 0 fully saturated rings. The predicted molar refractivity (Wildman–Crippen MR) is 136 cm³/mol. The molecular weight excluding hydrogens is 455 g/mol. The number of rotatable bonds is 7. The SMILES string of the molecule is COc1ccc(NC(=S)NC(=NCCc2ccc(F)cc2)Nc2nc(C)cc(C)n2)c(OC)c1. The molecule has 0 spiro atoms. The fourth-order valence-corrected chi connectivity index (χ4v) is 3.32. The fraction of sp³-hybridized carbons (Fsp3) is 0.250. The van der Waals surface area contributed by atoms with Crippen molar-refractivity contribution in [2.24, 2.45) is 4.99 Å². The Balaban J connectivity index is 1.75. The maximum Gasteiger partial charge on any atom is 0.229 e. The summed E-state index contributed by atoms with van der Waals surface area (Å²) in [6.45, 7) is 4.21. The Morgan fingerprint density at radius 3 is 2.32 bits per heavy atom. The van der Waals surface area contributed by atoms with Crippen LogP contribution in [-0.2, 0) is 6.42 Å². The Morgan fingerprint density at radius 1 is 0.971 bits per heavy atom. The van der Waals surface area contributed by atoms with Crippen LogP contribution in [0, 0.1) is 19.7 Å². The predicted octanol–water partition coefficient (Wildman–Crippen LogP) is 4.25. The van der Waals surface area contributed by atoms with Crippen molar-refractivity contribution in [3.63, 3.8) is 0 Å². The number of aryl methyl sites for hydroxylation is 2. The van der Waals surface area contributed by atoms with Gasteiger partial charge >= 0.3 is 0 Å². The number of nitrogens with zero attached hydrogens (tertiary/aromatic N) is 3. The Labute approximate surface area is 203 Å². The maximum atomic E-state index is 13.2. The molecule has 0 amide bonds. The molecule has 8 nitrogen and oxygen atoms in total. The first-order valence-electron chi connectivity index (χ1n) is 10.5. The molecule has 0 unspecified atom stereocenters. The van der Waals surface area contributed by atoms with Gasteiger partial charge in [0.05, 0.1) is 19.9 Å². The van der Waals surface area contributed by atoms with Gasteiger partial charge in [-0.1, -0.05) is 12.1 Å². The zero-order valence-electron chi connectivity index (χ0n) is 19.5. The first-order chi connectivity index (χ1) is 16.4. The highest BCUT2D eigenvalue weighted by Gasteiger charge is 2.10. The summed E-state index contributed by atoms with van der Waals surface area (Å²) in [4.78, 5) is 13.4. The first-order valence-corrected chi connectivity index (χ1v) is 11.0. The van der Waals surface area contributed by atoms with E-state index in [4.69, 9.17) is 21.7 Å². The molecule has 0 aliphatic heterocycles. The number of ether oxygens (including phenoxy) is 2. The molecule has 0 radical (unpaired) electrons. The highest BCUT2D eigenvalue weighted by Crippen LogP contribution is 2.28. The van der Waals surface area contributed by atoms with E-state index in [-0.39, 0.29) is 5.82 Å². The third-order valence-corrected chi connectivity index (χ3v) is 4.89. The lowest BCUT2D eigenvalue weighted by molar-refractivity contribution is 0.395. The molecule has 0 saturated heterocycles. The molecule has 0 atom stereocenters. The fourth-order valence-electron chi connectivity index (χ4n) is 3.11. The molecule has 34 heavy (non-hydrogen) atoms. The molecular formula is C24H27FN6O2S. The van der Waals surface area contributed by atoms with Crippen molar-refractivity contribution in [3.05, 3.63) is 71.3 Å². The van der Waals surface area contributed by atoms with Crippen molar-refractivity contribution < 1.29 is 13.9 Å². The summed E-state index contributed by atoms with van der Waals surface area (Å²) in [5, 5.41) is 9.55. The van der Waals surface area contributed by atoms with E-state index in [0.29, 0.717) is 47.2 Å². The van der Waals surface area contributed by atoms with E-state index in [0.717, 1.165) is 17.0 Å². The van der Waals surface area contributed by atoms with Crippen molar-refractivity contribution in [2.45, 2.75) is 20.3 Å². The number of halogens is 1. The molecule has 178 valence electrons. The van der Waals surface area contributed by atoms with E-state index in [9.17, 15) is 4.39 Å². The zero-order chi connectivity index (χ0) is 24.5. The van der Waals surface area contributed by atoms with E-state index in [1.807, 2.05) is 19.9 Å². The van der Waals surface area contributed by atoms with Gasteiger partial charge in [-0.05, 0) is 68.4 Å². The minimum Gasteiger partial charge on any atom is -0.497 e. The average Bonchev–Trinajstić information content (AvgIpc) is 2.79. The number of hydrogen-bond donors (Lipinski definition) is 3. The zero-order valence-corrected chi connectivity index (χ0v) is 20.3. The summed E-state index contributed by atoms with van der Waals surface area (Å²) in [5.41, 5.74) is 3.28. The van der Waals surface area contributed by atoms with Crippen molar-refractivity contribution in [3.8, 4) is 11.5 Å².